The van der Waals surface area contributed by atoms with Gasteiger partial charge in [0, 0.05) is 31.4 Å². The van der Waals surface area contributed by atoms with Crippen molar-refractivity contribution in [2.75, 3.05) is 6.54 Å². The van der Waals surface area contributed by atoms with Gasteiger partial charge in [0.25, 0.3) is 11.6 Å². The van der Waals surface area contributed by atoms with Gasteiger partial charge in [-0.2, -0.15) is 5.10 Å². The second-order valence-corrected chi connectivity index (χ2v) is 5.31. The Hall–Kier alpha value is -2.22. The third-order valence-electron chi connectivity index (χ3n) is 2.86. The third kappa shape index (κ3) is 3.88. The van der Waals surface area contributed by atoms with E-state index in [0.29, 0.717) is 17.4 Å². The SMILES string of the molecule is Cn1cc(CCNC(=O)c2ccc(Br)c([N+](=O)[O-])c2)cn1. The number of aryl methyl sites for hydroxylation is 1. The number of nitro groups is 1. The predicted octanol–water partition coefficient (Wildman–Crippen LogP) is 2.06. The molecule has 2 rings (SSSR count). The molecule has 0 aliphatic carbocycles. The van der Waals surface area contributed by atoms with Crippen molar-refractivity contribution in [2.45, 2.75) is 6.42 Å². The average Bonchev–Trinajstić information content (AvgIpc) is 2.84. The van der Waals surface area contributed by atoms with E-state index in [1.54, 1.807) is 10.9 Å². The van der Waals surface area contributed by atoms with Crippen molar-refractivity contribution in [3.8, 4) is 0 Å². The van der Waals surface area contributed by atoms with Gasteiger partial charge in [-0.25, -0.2) is 0 Å². The number of hydrogen-bond donors (Lipinski definition) is 1. The molecule has 0 saturated heterocycles. The van der Waals surface area contributed by atoms with Gasteiger partial charge in [0.15, 0.2) is 0 Å². The molecular weight excluding hydrogens is 340 g/mol. The molecule has 2 aromatic rings. The number of hydrogen-bond acceptors (Lipinski definition) is 4. The van der Waals surface area contributed by atoms with Gasteiger partial charge in [-0.15, -0.1) is 0 Å². The normalized spacial score (nSPS) is 10.4. The van der Waals surface area contributed by atoms with Crippen LogP contribution in [0.25, 0.3) is 0 Å². The van der Waals surface area contributed by atoms with Crippen molar-refractivity contribution in [3.63, 3.8) is 0 Å². The molecule has 1 amide bonds. The van der Waals surface area contributed by atoms with Crippen LogP contribution in [0.1, 0.15) is 15.9 Å². The van der Waals surface area contributed by atoms with Crippen LogP contribution in [0.4, 0.5) is 5.69 Å². The zero-order chi connectivity index (χ0) is 15.4. The van der Waals surface area contributed by atoms with Gasteiger partial charge in [-0.05, 0) is 40.0 Å². The van der Waals surface area contributed by atoms with Gasteiger partial charge < -0.3 is 5.32 Å². The fourth-order valence-corrected chi connectivity index (χ4v) is 2.21. The lowest BCUT2D eigenvalue weighted by Gasteiger charge is -2.05. The zero-order valence-corrected chi connectivity index (χ0v) is 12.8. The summed E-state index contributed by atoms with van der Waals surface area (Å²) in [5.41, 5.74) is 1.14. The minimum absolute atomic E-state index is 0.130. The molecule has 0 bridgehead atoms. The number of aromatic nitrogens is 2. The van der Waals surface area contributed by atoms with Crippen LogP contribution < -0.4 is 5.32 Å². The Kier molecular flexibility index (Phi) is 4.69. The Bertz CT molecular complexity index is 684. The lowest BCUT2D eigenvalue weighted by Crippen LogP contribution is -2.25. The number of nitrogens with zero attached hydrogens (tertiary/aromatic N) is 3. The van der Waals surface area contributed by atoms with Gasteiger partial charge in [0.05, 0.1) is 15.6 Å². The van der Waals surface area contributed by atoms with E-state index >= 15 is 0 Å². The van der Waals surface area contributed by atoms with E-state index in [2.05, 4.69) is 26.3 Å². The summed E-state index contributed by atoms with van der Waals surface area (Å²) in [6.45, 7) is 0.439. The maximum absolute atomic E-state index is 12.0. The van der Waals surface area contributed by atoms with Crippen molar-refractivity contribution in [3.05, 3.63) is 56.3 Å². The monoisotopic (exact) mass is 352 g/mol. The zero-order valence-electron chi connectivity index (χ0n) is 11.2. The Balaban J connectivity index is 1.97. The molecule has 0 atom stereocenters. The molecule has 0 aliphatic rings. The van der Waals surface area contributed by atoms with Crippen LogP contribution in [-0.4, -0.2) is 27.2 Å². The third-order valence-corrected chi connectivity index (χ3v) is 3.53. The molecule has 1 aromatic carbocycles. The van der Waals surface area contributed by atoms with Gasteiger partial charge >= 0.3 is 0 Å². The second kappa shape index (κ2) is 6.49. The van der Waals surface area contributed by atoms with Crippen LogP contribution in [0.15, 0.2) is 35.1 Å². The summed E-state index contributed by atoms with van der Waals surface area (Å²) in [5, 5.41) is 17.6. The largest absolute Gasteiger partial charge is 0.352 e. The highest BCUT2D eigenvalue weighted by Gasteiger charge is 2.15. The van der Waals surface area contributed by atoms with Crippen molar-refractivity contribution in [2.24, 2.45) is 7.05 Å². The van der Waals surface area contributed by atoms with E-state index in [-0.39, 0.29) is 17.2 Å². The molecule has 1 N–H and O–H groups in total. The summed E-state index contributed by atoms with van der Waals surface area (Å²) >= 11 is 3.08. The topological polar surface area (TPSA) is 90.1 Å². The molecule has 1 aromatic heterocycles. The number of rotatable bonds is 5. The molecule has 0 saturated carbocycles. The summed E-state index contributed by atoms with van der Waals surface area (Å²) in [7, 11) is 1.82. The second-order valence-electron chi connectivity index (χ2n) is 4.45. The Labute approximate surface area is 129 Å². The molecule has 0 radical (unpaired) electrons. The molecule has 1 heterocycles. The van der Waals surface area contributed by atoms with E-state index in [0.717, 1.165) is 5.56 Å². The Morgan fingerprint density at radius 3 is 2.90 bits per heavy atom. The fourth-order valence-electron chi connectivity index (χ4n) is 1.82. The smallest absolute Gasteiger partial charge is 0.284 e. The van der Waals surface area contributed by atoms with Gasteiger partial charge in [-0.1, -0.05) is 0 Å². The van der Waals surface area contributed by atoms with Gasteiger partial charge in [0.1, 0.15) is 0 Å². The highest BCUT2D eigenvalue weighted by atomic mass is 79.9. The summed E-state index contributed by atoms with van der Waals surface area (Å²) in [5.74, 6) is -0.338. The molecule has 0 unspecified atom stereocenters. The van der Waals surface area contributed by atoms with E-state index in [1.807, 2.05) is 13.2 Å². The highest BCUT2D eigenvalue weighted by molar-refractivity contribution is 9.10. The first-order chi connectivity index (χ1) is 9.97. The van der Waals surface area contributed by atoms with Crippen molar-refractivity contribution >= 4 is 27.5 Å². The average molecular weight is 353 g/mol. The van der Waals surface area contributed by atoms with E-state index in [1.165, 1.54) is 18.2 Å². The van der Waals surface area contributed by atoms with E-state index in [9.17, 15) is 14.9 Å². The molecule has 110 valence electrons. The molecule has 21 heavy (non-hydrogen) atoms. The summed E-state index contributed by atoms with van der Waals surface area (Å²) in [6, 6.07) is 4.29. The van der Waals surface area contributed by atoms with Crippen LogP contribution in [0.3, 0.4) is 0 Å². The standard InChI is InChI=1S/C13H13BrN4O3/c1-17-8-9(7-16-17)4-5-15-13(19)10-2-3-11(14)12(6-10)18(20)21/h2-3,6-8H,4-5H2,1H3,(H,15,19). The molecule has 0 fully saturated rings. The Morgan fingerprint density at radius 1 is 1.52 bits per heavy atom. The molecule has 7 nitrogen and oxygen atoms in total. The fraction of sp³-hybridized carbons (Fsp3) is 0.231. The van der Waals surface area contributed by atoms with Crippen molar-refractivity contribution in [1.82, 2.24) is 15.1 Å². The van der Waals surface area contributed by atoms with Crippen LogP contribution in [-0.2, 0) is 13.5 Å². The highest BCUT2D eigenvalue weighted by Crippen LogP contribution is 2.25. The van der Waals surface area contributed by atoms with Crippen LogP contribution >= 0.6 is 15.9 Å². The number of carbonyl (C=O) groups is 1. The minimum Gasteiger partial charge on any atom is -0.352 e. The maximum atomic E-state index is 12.0. The molecule has 0 spiro atoms. The van der Waals surface area contributed by atoms with Crippen LogP contribution in [0.2, 0.25) is 0 Å². The first-order valence-corrected chi connectivity index (χ1v) is 6.96. The lowest BCUT2D eigenvalue weighted by atomic mass is 10.2. The number of halogens is 1. The number of amides is 1. The number of nitrogens with one attached hydrogen (secondary N) is 1. The number of nitro benzene ring substituents is 1. The van der Waals surface area contributed by atoms with Gasteiger partial charge in [-0.3, -0.25) is 19.6 Å². The molecular formula is C13H13BrN4O3. The van der Waals surface area contributed by atoms with Gasteiger partial charge in [0.2, 0.25) is 0 Å². The first-order valence-electron chi connectivity index (χ1n) is 6.17. The quantitative estimate of drug-likeness (QED) is 0.658. The lowest BCUT2D eigenvalue weighted by molar-refractivity contribution is -0.385. The summed E-state index contributed by atoms with van der Waals surface area (Å²) < 4.78 is 2.04. The number of benzene rings is 1. The van der Waals surface area contributed by atoms with Crippen molar-refractivity contribution in [1.29, 1.82) is 0 Å². The predicted molar refractivity (Wildman–Crippen MR) is 80.0 cm³/mol. The van der Waals surface area contributed by atoms with E-state index in [4.69, 9.17) is 0 Å². The summed E-state index contributed by atoms with van der Waals surface area (Å²) in [4.78, 5) is 22.3. The summed E-state index contributed by atoms with van der Waals surface area (Å²) in [6.07, 6.45) is 4.26. The van der Waals surface area contributed by atoms with E-state index < -0.39 is 4.92 Å². The maximum Gasteiger partial charge on any atom is 0.284 e. The van der Waals surface area contributed by atoms with Crippen molar-refractivity contribution < 1.29 is 9.72 Å². The molecule has 0 aliphatic heterocycles. The Morgan fingerprint density at radius 2 is 2.29 bits per heavy atom. The van der Waals surface area contributed by atoms with Crippen LogP contribution in [0, 0.1) is 10.1 Å². The van der Waals surface area contributed by atoms with Crippen LogP contribution in [0.5, 0.6) is 0 Å². The molecule has 8 heteroatoms. The minimum atomic E-state index is -0.531. The first kappa shape index (κ1) is 15.2. The number of carbonyl (C=O) groups excluding carboxylic acids is 1.